The Labute approximate surface area is 120 Å². The molecule has 104 valence electrons. The molecule has 0 saturated heterocycles. The second-order valence-corrected chi connectivity index (χ2v) is 4.65. The molecule has 1 rings (SSSR count). The summed E-state index contributed by atoms with van der Waals surface area (Å²) in [6.45, 7) is 2.04. The third-order valence-electron chi connectivity index (χ3n) is 2.25. The first-order valence-electron chi connectivity index (χ1n) is 5.62. The summed E-state index contributed by atoms with van der Waals surface area (Å²) < 4.78 is 0. The highest BCUT2D eigenvalue weighted by molar-refractivity contribution is 6.34. The molecule has 1 atom stereocenters. The van der Waals surface area contributed by atoms with E-state index in [2.05, 4.69) is 10.6 Å². The van der Waals surface area contributed by atoms with Crippen LogP contribution in [0, 0.1) is 0 Å². The maximum Gasteiger partial charge on any atom is 0.253 e. The minimum Gasteiger partial charge on any atom is -0.378 e. The van der Waals surface area contributed by atoms with Crippen LogP contribution in [0.15, 0.2) is 18.2 Å². The summed E-state index contributed by atoms with van der Waals surface area (Å²) in [5, 5.41) is 15.3. The van der Waals surface area contributed by atoms with Crippen molar-refractivity contribution in [1.82, 2.24) is 10.6 Å². The fourth-order valence-corrected chi connectivity index (χ4v) is 1.95. The summed E-state index contributed by atoms with van der Waals surface area (Å²) in [5.74, 6) is -1.02. The molecule has 0 spiro atoms. The highest BCUT2D eigenvalue weighted by atomic mass is 35.5. The van der Waals surface area contributed by atoms with E-state index in [1.165, 1.54) is 18.2 Å². The van der Waals surface area contributed by atoms with Crippen LogP contribution in [0.1, 0.15) is 18.6 Å². The van der Waals surface area contributed by atoms with Gasteiger partial charge in [0.15, 0.2) is 6.10 Å². The van der Waals surface area contributed by atoms with Gasteiger partial charge in [0.25, 0.3) is 5.91 Å². The molecule has 0 heterocycles. The van der Waals surface area contributed by atoms with Gasteiger partial charge in [0.2, 0.25) is 5.91 Å². The van der Waals surface area contributed by atoms with E-state index >= 15 is 0 Å². The van der Waals surface area contributed by atoms with Crippen molar-refractivity contribution in [2.75, 3.05) is 13.1 Å². The zero-order valence-corrected chi connectivity index (χ0v) is 11.8. The molecule has 19 heavy (non-hydrogen) atoms. The van der Waals surface area contributed by atoms with Gasteiger partial charge in [0.05, 0.1) is 6.54 Å². The first kappa shape index (κ1) is 15.8. The first-order chi connectivity index (χ1) is 8.93. The van der Waals surface area contributed by atoms with Crippen molar-refractivity contribution < 1.29 is 14.7 Å². The van der Waals surface area contributed by atoms with Crippen molar-refractivity contribution in [3.63, 3.8) is 0 Å². The number of aliphatic hydroxyl groups excluding tert-OH is 1. The van der Waals surface area contributed by atoms with E-state index in [0.29, 0.717) is 16.6 Å². The Morgan fingerprint density at radius 1 is 1.21 bits per heavy atom. The maximum absolute atomic E-state index is 11.6. The predicted molar refractivity (Wildman–Crippen MR) is 73.1 cm³/mol. The van der Waals surface area contributed by atoms with E-state index in [4.69, 9.17) is 23.2 Å². The molecular weight excluding hydrogens is 291 g/mol. The van der Waals surface area contributed by atoms with Crippen molar-refractivity contribution in [2.45, 2.75) is 13.0 Å². The van der Waals surface area contributed by atoms with Gasteiger partial charge in [0, 0.05) is 16.6 Å². The van der Waals surface area contributed by atoms with E-state index in [-0.39, 0.29) is 18.0 Å². The van der Waals surface area contributed by atoms with E-state index in [0.717, 1.165) is 0 Å². The molecule has 0 aromatic heterocycles. The van der Waals surface area contributed by atoms with Gasteiger partial charge in [0.1, 0.15) is 0 Å². The minimum atomic E-state index is -1.43. The molecule has 7 heteroatoms. The lowest BCUT2D eigenvalue weighted by Gasteiger charge is -2.12. The Hall–Kier alpha value is -1.30. The number of nitrogens with one attached hydrogen (secondary N) is 2. The molecule has 2 amide bonds. The summed E-state index contributed by atoms with van der Waals surface area (Å²) in [7, 11) is 0. The molecule has 5 nitrogen and oxygen atoms in total. The second kappa shape index (κ2) is 7.33. The minimum absolute atomic E-state index is 0.196. The summed E-state index contributed by atoms with van der Waals surface area (Å²) >= 11 is 11.6. The molecule has 1 aromatic carbocycles. The number of benzene rings is 1. The highest BCUT2D eigenvalue weighted by Crippen LogP contribution is 2.23. The third-order valence-corrected chi connectivity index (χ3v) is 2.68. The van der Waals surface area contributed by atoms with E-state index in [9.17, 15) is 14.7 Å². The Kier molecular flexibility index (Phi) is 6.08. The third kappa shape index (κ3) is 5.06. The molecule has 1 aromatic rings. The van der Waals surface area contributed by atoms with Gasteiger partial charge in [-0.3, -0.25) is 9.59 Å². The monoisotopic (exact) mass is 304 g/mol. The lowest BCUT2D eigenvalue weighted by Crippen LogP contribution is -2.38. The quantitative estimate of drug-likeness (QED) is 0.767. The average Bonchev–Trinajstić information content (AvgIpc) is 2.34. The van der Waals surface area contributed by atoms with Crippen molar-refractivity contribution in [3.05, 3.63) is 33.8 Å². The van der Waals surface area contributed by atoms with Crippen molar-refractivity contribution in [3.8, 4) is 0 Å². The smallest absolute Gasteiger partial charge is 0.253 e. The predicted octanol–water partition coefficient (Wildman–Crippen LogP) is 1.28. The van der Waals surface area contributed by atoms with Crippen LogP contribution >= 0.6 is 23.2 Å². The number of rotatable bonds is 5. The summed E-state index contributed by atoms with van der Waals surface area (Å²) in [6, 6.07) is 4.36. The van der Waals surface area contributed by atoms with Crippen LogP contribution in [0.4, 0.5) is 0 Å². The number of carbonyl (C=O) groups excluding carboxylic acids is 2. The van der Waals surface area contributed by atoms with E-state index < -0.39 is 12.0 Å². The highest BCUT2D eigenvalue weighted by Gasteiger charge is 2.18. The number of carbonyl (C=O) groups is 2. The lowest BCUT2D eigenvalue weighted by molar-refractivity contribution is -0.132. The molecular formula is C12H14Cl2N2O3. The Balaban J connectivity index is 2.63. The van der Waals surface area contributed by atoms with Crippen LogP contribution in [0.2, 0.25) is 10.0 Å². The fraction of sp³-hybridized carbons (Fsp3) is 0.333. The molecule has 0 aliphatic carbocycles. The SMILES string of the molecule is CCNC(=O)CNC(=O)C(O)c1cc(Cl)cc(Cl)c1. The molecule has 0 aliphatic rings. The van der Waals surface area contributed by atoms with Gasteiger partial charge < -0.3 is 15.7 Å². The van der Waals surface area contributed by atoms with Gasteiger partial charge >= 0.3 is 0 Å². The van der Waals surface area contributed by atoms with Crippen molar-refractivity contribution in [1.29, 1.82) is 0 Å². The van der Waals surface area contributed by atoms with Crippen LogP contribution < -0.4 is 10.6 Å². The summed E-state index contributed by atoms with van der Waals surface area (Å²) in [6.07, 6.45) is -1.43. The number of hydrogen-bond acceptors (Lipinski definition) is 3. The summed E-state index contributed by atoms with van der Waals surface area (Å²) in [5.41, 5.74) is 0.269. The molecule has 0 fully saturated rings. The number of hydrogen-bond donors (Lipinski definition) is 3. The topological polar surface area (TPSA) is 78.4 Å². The van der Waals surface area contributed by atoms with Crippen LogP contribution in [0.3, 0.4) is 0 Å². The summed E-state index contributed by atoms with van der Waals surface area (Å²) in [4.78, 5) is 22.8. The lowest BCUT2D eigenvalue weighted by atomic mass is 10.1. The zero-order valence-electron chi connectivity index (χ0n) is 10.2. The van der Waals surface area contributed by atoms with Gasteiger partial charge in [-0.15, -0.1) is 0 Å². The van der Waals surface area contributed by atoms with E-state index in [1.807, 2.05) is 0 Å². The van der Waals surface area contributed by atoms with Crippen LogP contribution in [0.5, 0.6) is 0 Å². The average molecular weight is 305 g/mol. The van der Waals surface area contributed by atoms with Crippen LogP contribution in [-0.2, 0) is 9.59 Å². The molecule has 0 saturated carbocycles. The molecule has 3 N–H and O–H groups in total. The normalized spacial score (nSPS) is 11.8. The van der Waals surface area contributed by atoms with Gasteiger partial charge in [-0.2, -0.15) is 0 Å². The number of halogens is 2. The zero-order chi connectivity index (χ0) is 14.4. The van der Waals surface area contributed by atoms with Crippen molar-refractivity contribution >= 4 is 35.0 Å². The number of likely N-dealkylation sites (N-methyl/N-ethyl adjacent to an activating group) is 1. The van der Waals surface area contributed by atoms with Gasteiger partial charge in [-0.1, -0.05) is 23.2 Å². The number of aliphatic hydroxyl groups is 1. The maximum atomic E-state index is 11.6. The second-order valence-electron chi connectivity index (χ2n) is 3.78. The van der Waals surface area contributed by atoms with Gasteiger partial charge in [-0.25, -0.2) is 0 Å². The molecule has 1 unspecified atom stereocenters. The van der Waals surface area contributed by atoms with Crippen LogP contribution in [-0.4, -0.2) is 30.0 Å². The Morgan fingerprint density at radius 2 is 1.79 bits per heavy atom. The Morgan fingerprint density at radius 3 is 2.32 bits per heavy atom. The molecule has 0 radical (unpaired) electrons. The fourth-order valence-electron chi connectivity index (χ4n) is 1.41. The first-order valence-corrected chi connectivity index (χ1v) is 6.38. The Bertz CT molecular complexity index is 460. The standard InChI is InChI=1S/C12H14Cl2N2O3/c1-2-15-10(17)6-16-12(19)11(18)7-3-8(13)5-9(14)4-7/h3-5,11,18H,2,6H2,1H3,(H,15,17)(H,16,19). The van der Waals surface area contributed by atoms with E-state index in [1.54, 1.807) is 6.92 Å². The van der Waals surface area contributed by atoms with Crippen molar-refractivity contribution in [2.24, 2.45) is 0 Å². The molecule has 0 bridgehead atoms. The van der Waals surface area contributed by atoms with Crippen LogP contribution in [0.25, 0.3) is 0 Å². The molecule has 0 aliphatic heterocycles. The largest absolute Gasteiger partial charge is 0.378 e. The van der Waals surface area contributed by atoms with Gasteiger partial charge in [-0.05, 0) is 30.7 Å². The number of amides is 2.